The average Bonchev–Trinajstić information content (AvgIpc) is 3.27. The first kappa shape index (κ1) is 18.3. The zero-order valence-corrected chi connectivity index (χ0v) is 14.5. The molecular weight excluding hydrogens is 342 g/mol. The Morgan fingerprint density at radius 3 is 3.04 bits per heavy atom. The Morgan fingerprint density at radius 2 is 2.31 bits per heavy atom. The highest BCUT2D eigenvalue weighted by Gasteiger charge is 2.34. The molecule has 1 amide bonds. The summed E-state index contributed by atoms with van der Waals surface area (Å²) in [6.07, 6.45) is 1.21. The van der Waals surface area contributed by atoms with Crippen LogP contribution in [-0.2, 0) is 18.4 Å². The van der Waals surface area contributed by atoms with Crippen LogP contribution in [0.15, 0.2) is 36.7 Å². The van der Waals surface area contributed by atoms with Gasteiger partial charge >= 0.3 is 0 Å². The third-order valence-corrected chi connectivity index (χ3v) is 4.45. The summed E-state index contributed by atoms with van der Waals surface area (Å²) in [7, 11) is 1.85. The van der Waals surface area contributed by atoms with Crippen LogP contribution in [0.3, 0.4) is 0 Å². The van der Waals surface area contributed by atoms with Crippen LogP contribution in [-0.4, -0.2) is 41.8 Å². The minimum atomic E-state index is -2.52. The van der Waals surface area contributed by atoms with Gasteiger partial charge in [-0.05, 0) is 23.3 Å². The summed E-state index contributed by atoms with van der Waals surface area (Å²) >= 11 is 0. The molecule has 2 heterocycles. The predicted molar refractivity (Wildman–Crippen MR) is 92.1 cm³/mol. The molecule has 0 bridgehead atoms. The molecule has 26 heavy (non-hydrogen) atoms. The second kappa shape index (κ2) is 8.27. The van der Waals surface area contributed by atoms with Crippen molar-refractivity contribution < 1.29 is 18.3 Å². The number of hydrogen-bond acceptors (Lipinski definition) is 4. The molecule has 0 radical (unpaired) electrons. The number of rotatable bonds is 7. The number of aryl methyl sites for hydroxylation is 1. The van der Waals surface area contributed by atoms with E-state index in [1.807, 2.05) is 19.3 Å². The molecule has 0 aliphatic carbocycles. The number of halogens is 2. The first-order chi connectivity index (χ1) is 12.5. The van der Waals surface area contributed by atoms with Crippen molar-refractivity contribution >= 4 is 5.91 Å². The van der Waals surface area contributed by atoms with Gasteiger partial charge in [0.25, 0.3) is 6.43 Å². The second-order valence-electron chi connectivity index (χ2n) is 6.39. The lowest BCUT2D eigenvalue weighted by Gasteiger charge is -2.17. The number of carbonyl (C=O) groups is 1. The Hall–Kier alpha value is -2.48. The van der Waals surface area contributed by atoms with Gasteiger partial charge in [-0.15, -0.1) is 0 Å². The van der Waals surface area contributed by atoms with Crippen LogP contribution in [0, 0.1) is 5.92 Å². The first-order valence-corrected chi connectivity index (χ1v) is 8.50. The third kappa shape index (κ3) is 4.57. The molecule has 2 N–H and O–H groups in total. The molecule has 140 valence electrons. The van der Waals surface area contributed by atoms with E-state index in [9.17, 15) is 13.6 Å². The number of hydrogen-bond donors (Lipinski definition) is 2. The van der Waals surface area contributed by atoms with Gasteiger partial charge in [-0.3, -0.25) is 9.48 Å². The minimum absolute atomic E-state index is 0.0391. The van der Waals surface area contributed by atoms with E-state index in [-0.39, 0.29) is 17.7 Å². The lowest BCUT2D eigenvalue weighted by Crippen LogP contribution is -2.33. The highest BCUT2D eigenvalue weighted by Crippen LogP contribution is 2.28. The summed E-state index contributed by atoms with van der Waals surface area (Å²) in [6.45, 7) is 1.03. The Balaban J connectivity index is 1.57. The normalized spacial score (nSPS) is 19.7. The average molecular weight is 364 g/mol. The van der Waals surface area contributed by atoms with Crippen LogP contribution in [0.2, 0.25) is 0 Å². The van der Waals surface area contributed by atoms with Crippen LogP contribution in [0.25, 0.3) is 0 Å². The fraction of sp³-hybridized carbons (Fsp3) is 0.444. The molecule has 2 aromatic rings. The van der Waals surface area contributed by atoms with Gasteiger partial charge in [-0.25, -0.2) is 8.78 Å². The monoisotopic (exact) mass is 364 g/mol. The number of benzene rings is 1. The Labute approximate surface area is 150 Å². The largest absolute Gasteiger partial charge is 0.488 e. The maximum atomic E-state index is 12.6. The summed E-state index contributed by atoms with van der Waals surface area (Å²) in [5.74, 6) is 0.248. The zero-order chi connectivity index (χ0) is 18.5. The SMILES string of the molecule is Cn1cc([C@H]2CNC[C@@H]2C(=O)NCc2cccc(OCC(F)F)c2)cn1. The Bertz CT molecular complexity index is 750. The molecular formula is C18H22F2N4O2. The minimum Gasteiger partial charge on any atom is -0.488 e. The summed E-state index contributed by atoms with van der Waals surface area (Å²) in [4.78, 5) is 12.6. The molecule has 0 unspecified atom stereocenters. The van der Waals surface area contributed by atoms with E-state index in [2.05, 4.69) is 15.7 Å². The third-order valence-electron chi connectivity index (χ3n) is 4.45. The van der Waals surface area contributed by atoms with E-state index in [1.165, 1.54) is 0 Å². The standard InChI is InChI=1S/C18H22F2N4O2/c1-24-10-13(7-23-24)15-8-21-9-16(15)18(25)22-6-12-3-2-4-14(5-12)26-11-17(19)20/h2-5,7,10,15-17,21H,6,8-9,11H2,1H3,(H,22,25)/t15-,16+/m1/s1. The lowest BCUT2D eigenvalue weighted by molar-refractivity contribution is -0.125. The number of aromatic nitrogens is 2. The summed E-state index contributed by atoms with van der Waals surface area (Å²) < 4.78 is 31.2. The smallest absolute Gasteiger partial charge is 0.272 e. The van der Waals surface area contributed by atoms with Crippen molar-refractivity contribution in [3.63, 3.8) is 0 Å². The topological polar surface area (TPSA) is 68.2 Å². The van der Waals surface area contributed by atoms with E-state index >= 15 is 0 Å². The molecule has 1 aromatic carbocycles. The Kier molecular flexibility index (Phi) is 5.82. The number of amides is 1. The van der Waals surface area contributed by atoms with Gasteiger partial charge in [0.05, 0.1) is 12.1 Å². The van der Waals surface area contributed by atoms with Crippen molar-refractivity contribution in [2.45, 2.75) is 18.9 Å². The van der Waals surface area contributed by atoms with Crippen LogP contribution in [0.1, 0.15) is 17.0 Å². The quantitative estimate of drug-likeness (QED) is 0.785. The predicted octanol–water partition coefficient (Wildman–Crippen LogP) is 1.68. The highest BCUT2D eigenvalue weighted by atomic mass is 19.3. The van der Waals surface area contributed by atoms with E-state index in [1.54, 1.807) is 29.1 Å². The van der Waals surface area contributed by atoms with E-state index in [0.29, 0.717) is 18.8 Å². The lowest BCUT2D eigenvalue weighted by atomic mass is 9.90. The Morgan fingerprint density at radius 1 is 1.46 bits per heavy atom. The fourth-order valence-electron chi connectivity index (χ4n) is 3.16. The van der Waals surface area contributed by atoms with Crippen LogP contribution >= 0.6 is 0 Å². The number of alkyl halides is 2. The van der Waals surface area contributed by atoms with Gasteiger partial charge in [-0.2, -0.15) is 5.10 Å². The van der Waals surface area contributed by atoms with Crippen molar-refractivity contribution in [3.8, 4) is 5.75 Å². The van der Waals surface area contributed by atoms with Gasteiger partial charge in [0.15, 0.2) is 0 Å². The molecule has 3 rings (SSSR count). The van der Waals surface area contributed by atoms with Gasteiger partial charge < -0.3 is 15.4 Å². The van der Waals surface area contributed by atoms with Crippen LogP contribution < -0.4 is 15.4 Å². The molecule has 1 aliphatic rings. The fourth-order valence-corrected chi connectivity index (χ4v) is 3.16. The summed E-state index contributed by atoms with van der Waals surface area (Å²) in [5.41, 5.74) is 1.84. The molecule has 1 fully saturated rings. The first-order valence-electron chi connectivity index (χ1n) is 8.50. The molecule has 1 saturated heterocycles. The molecule has 0 saturated carbocycles. The van der Waals surface area contributed by atoms with E-state index in [0.717, 1.165) is 17.7 Å². The molecule has 1 aromatic heterocycles. The molecule has 1 aliphatic heterocycles. The van der Waals surface area contributed by atoms with Crippen molar-refractivity contribution in [2.24, 2.45) is 13.0 Å². The molecule has 8 heteroatoms. The van der Waals surface area contributed by atoms with Crippen molar-refractivity contribution in [1.82, 2.24) is 20.4 Å². The summed E-state index contributed by atoms with van der Waals surface area (Å²) in [5, 5.41) is 10.4. The second-order valence-corrected chi connectivity index (χ2v) is 6.39. The van der Waals surface area contributed by atoms with Gasteiger partial charge in [0, 0.05) is 38.8 Å². The van der Waals surface area contributed by atoms with Gasteiger partial charge in [-0.1, -0.05) is 12.1 Å². The van der Waals surface area contributed by atoms with Crippen molar-refractivity contribution in [3.05, 3.63) is 47.8 Å². The number of nitrogens with one attached hydrogen (secondary N) is 2. The van der Waals surface area contributed by atoms with E-state index in [4.69, 9.17) is 4.74 Å². The van der Waals surface area contributed by atoms with Crippen molar-refractivity contribution in [2.75, 3.05) is 19.7 Å². The molecule has 2 atom stereocenters. The number of nitrogens with zero attached hydrogens (tertiary/aromatic N) is 2. The zero-order valence-electron chi connectivity index (χ0n) is 14.5. The maximum absolute atomic E-state index is 12.6. The van der Waals surface area contributed by atoms with E-state index < -0.39 is 13.0 Å². The van der Waals surface area contributed by atoms with Gasteiger partial charge in [0.2, 0.25) is 5.91 Å². The van der Waals surface area contributed by atoms with Crippen LogP contribution in [0.5, 0.6) is 5.75 Å². The summed E-state index contributed by atoms with van der Waals surface area (Å²) in [6, 6.07) is 6.82. The van der Waals surface area contributed by atoms with Crippen LogP contribution in [0.4, 0.5) is 8.78 Å². The molecule has 6 nitrogen and oxygen atoms in total. The highest BCUT2D eigenvalue weighted by molar-refractivity contribution is 5.80. The van der Waals surface area contributed by atoms with Gasteiger partial charge in [0.1, 0.15) is 12.4 Å². The number of ether oxygens (including phenoxy) is 1. The number of carbonyl (C=O) groups excluding carboxylic acids is 1. The van der Waals surface area contributed by atoms with Crippen molar-refractivity contribution in [1.29, 1.82) is 0 Å². The maximum Gasteiger partial charge on any atom is 0.272 e. The molecule has 0 spiro atoms.